The lowest BCUT2D eigenvalue weighted by atomic mass is 10.3. The molecule has 1 heterocycles. The highest BCUT2D eigenvalue weighted by molar-refractivity contribution is 5.94. The van der Waals surface area contributed by atoms with E-state index in [0.717, 1.165) is 5.01 Å². The third-order valence-corrected chi connectivity index (χ3v) is 2.83. The van der Waals surface area contributed by atoms with E-state index < -0.39 is 17.8 Å². The van der Waals surface area contributed by atoms with E-state index in [-0.39, 0.29) is 12.2 Å². The number of para-hydroxylation sites is 1. The van der Waals surface area contributed by atoms with E-state index >= 15 is 0 Å². The second-order valence-electron chi connectivity index (χ2n) is 4.28. The summed E-state index contributed by atoms with van der Waals surface area (Å²) in [5.74, 6) is 4.51. The van der Waals surface area contributed by atoms with Crippen LogP contribution in [0.4, 0.5) is 14.9 Å². The summed E-state index contributed by atoms with van der Waals surface area (Å²) in [5, 5.41) is 3.50. The number of rotatable bonds is 3. The van der Waals surface area contributed by atoms with Gasteiger partial charge in [0.1, 0.15) is 12.4 Å². The van der Waals surface area contributed by atoms with Crippen LogP contribution in [-0.4, -0.2) is 41.5 Å². The van der Waals surface area contributed by atoms with E-state index in [1.165, 1.54) is 23.1 Å². The molecule has 3 amide bonds. The lowest BCUT2D eigenvalue weighted by Crippen LogP contribution is -2.54. The number of hydrazine groups is 1. The molecule has 1 aliphatic rings. The average Bonchev–Trinajstić information content (AvgIpc) is 2.38. The number of nitrogens with one attached hydrogen (secondary N) is 1. The quantitative estimate of drug-likeness (QED) is 0.626. The van der Waals surface area contributed by atoms with Crippen molar-refractivity contribution in [1.82, 2.24) is 9.91 Å². The van der Waals surface area contributed by atoms with E-state index in [2.05, 4.69) is 5.32 Å². The van der Waals surface area contributed by atoms with Gasteiger partial charge in [0, 0.05) is 13.1 Å². The van der Waals surface area contributed by atoms with E-state index in [1.807, 2.05) is 0 Å². The van der Waals surface area contributed by atoms with Crippen LogP contribution < -0.4 is 11.2 Å². The first-order valence-corrected chi connectivity index (χ1v) is 5.93. The van der Waals surface area contributed by atoms with Crippen LogP contribution in [0.2, 0.25) is 0 Å². The summed E-state index contributed by atoms with van der Waals surface area (Å²) in [5.41, 5.74) is 0.0987. The van der Waals surface area contributed by atoms with E-state index in [1.54, 1.807) is 6.07 Å². The Morgan fingerprint density at radius 1 is 1.37 bits per heavy atom. The summed E-state index contributed by atoms with van der Waals surface area (Å²) in [6, 6.07) is 5.47. The zero-order chi connectivity index (χ0) is 13.8. The molecule has 1 fully saturated rings. The molecule has 0 atom stereocenters. The minimum Gasteiger partial charge on any atom is -0.322 e. The van der Waals surface area contributed by atoms with Gasteiger partial charge in [-0.25, -0.2) is 15.0 Å². The fourth-order valence-corrected chi connectivity index (χ4v) is 1.88. The van der Waals surface area contributed by atoms with Gasteiger partial charge in [0.15, 0.2) is 0 Å². The second kappa shape index (κ2) is 5.66. The third-order valence-electron chi connectivity index (χ3n) is 2.83. The standard InChI is InChI=1S/C12H15FN4O2/c13-9-4-1-2-5-10(9)15-11(18)8-16-6-3-7-17(14)12(16)19/h1-2,4-5H,3,6-8,14H2,(H,15,18). The summed E-state index contributed by atoms with van der Waals surface area (Å²) in [4.78, 5) is 24.7. The van der Waals surface area contributed by atoms with Crippen LogP contribution in [0, 0.1) is 5.82 Å². The molecule has 1 aromatic carbocycles. The molecule has 0 aromatic heterocycles. The number of nitrogens with zero attached hydrogens (tertiary/aromatic N) is 2. The Balaban J connectivity index is 1.94. The van der Waals surface area contributed by atoms with E-state index in [0.29, 0.717) is 19.5 Å². The van der Waals surface area contributed by atoms with Gasteiger partial charge in [0.05, 0.1) is 5.69 Å². The number of hydrogen-bond acceptors (Lipinski definition) is 3. The molecule has 19 heavy (non-hydrogen) atoms. The first kappa shape index (κ1) is 13.3. The van der Waals surface area contributed by atoms with Crippen molar-refractivity contribution in [3.8, 4) is 0 Å². The zero-order valence-corrected chi connectivity index (χ0v) is 10.3. The molecule has 3 N–H and O–H groups in total. The van der Waals surface area contributed by atoms with Gasteiger partial charge in [-0.1, -0.05) is 12.1 Å². The number of anilines is 1. The second-order valence-corrected chi connectivity index (χ2v) is 4.28. The minimum atomic E-state index is -0.513. The van der Waals surface area contributed by atoms with Gasteiger partial charge < -0.3 is 10.2 Å². The molecule has 0 aliphatic carbocycles. The van der Waals surface area contributed by atoms with Crippen LogP contribution in [0.5, 0.6) is 0 Å². The first-order chi connectivity index (χ1) is 9.08. The minimum absolute atomic E-state index is 0.0987. The molecule has 0 spiro atoms. The molecule has 0 radical (unpaired) electrons. The number of carbonyl (C=O) groups is 2. The van der Waals surface area contributed by atoms with Crippen molar-refractivity contribution < 1.29 is 14.0 Å². The maximum atomic E-state index is 13.3. The number of hydrogen-bond donors (Lipinski definition) is 2. The van der Waals surface area contributed by atoms with Crippen LogP contribution in [0.1, 0.15) is 6.42 Å². The predicted molar refractivity (Wildman–Crippen MR) is 67.5 cm³/mol. The van der Waals surface area contributed by atoms with Gasteiger partial charge >= 0.3 is 6.03 Å². The molecular weight excluding hydrogens is 251 g/mol. The lowest BCUT2D eigenvalue weighted by Gasteiger charge is -2.32. The van der Waals surface area contributed by atoms with Gasteiger partial charge in [0.25, 0.3) is 0 Å². The van der Waals surface area contributed by atoms with Crippen molar-refractivity contribution in [3.05, 3.63) is 30.1 Å². The number of carbonyl (C=O) groups excluding carboxylic acids is 2. The number of urea groups is 1. The molecule has 0 saturated carbocycles. The fourth-order valence-electron chi connectivity index (χ4n) is 1.88. The molecule has 1 aromatic rings. The Morgan fingerprint density at radius 2 is 2.11 bits per heavy atom. The van der Waals surface area contributed by atoms with Crippen molar-refractivity contribution in [2.75, 3.05) is 25.0 Å². The summed E-state index contributed by atoms with van der Waals surface area (Å²) >= 11 is 0. The molecule has 0 bridgehead atoms. The van der Waals surface area contributed by atoms with Gasteiger partial charge in [0.2, 0.25) is 5.91 Å². The van der Waals surface area contributed by atoms with Gasteiger partial charge in [-0.2, -0.15) is 0 Å². The molecule has 1 aliphatic heterocycles. The maximum Gasteiger partial charge on any atom is 0.334 e. The molecular formula is C12H15FN4O2. The van der Waals surface area contributed by atoms with Crippen LogP contribution in [-0.2, 0) is 4.79 Å². The topological polar surface area (TPSA) is 78.7 Å². The monoisotopic (exact) mass is 266 g/mol. The van der Waals surface area contributed by atoms with Crippen LogP contribution in [0.25, 0.3) is 0 Å². The summed E-state index contributed by atoms with van der Waals surface area (Å²) in [7, 11) is 0. The predicted octanol–water partition coefficient (Wildman–Crippen LogP) is 0.766. The average molecular weight is 266 g/mol. The fraction of sp³-hybridized carbons (Fsp3) is 0.333. The molecule has 7 heteroatoms. The molecule has 1 saturated heterocycles. The van der Waals surface area contributed by atoms with E-state index in [4.69, 9.17) is 5.84 Å². The Bertz CT molecular complexity index is 494. The van der Waals surface area contributed by atoms with Crippen LogP contribution >= 0.6 is 0 Å². The van der Waals surface area contributed by atoms with Gasteiger partial charge in [-0.15, -0.1) is 0 Å². The normalized spacial score (nSPS) is 15.6. The summed E-state index contributed by atoms with van der Waals surface area (Å²) in [6.07, 6.45) is 0.704. The van der Waals surface area contributed by atoms with Crippen LogP contribution in [0.3, 0.4) is 0 Å². The third kappa shape index (κ3) is 3.19. The highest BCUT2D eigenvalue weighted by Crippen LogP contribution is 2.12. The largest absolute Gasteiger partial charge is 0.334 e. The Morgan fingerprint density at radius 3 is 2.84 bits per heavy atom. The molecule has 2 rings (SSSR count). The lowest BCUT2D eigenvalue weighted by molar-refractivity contribution is -0.117. The molecule has 0 unspecified atom stereocenters. The Labute approximate surface area is 109 Å². The SMILES string of the molecule is NN1CCCN(CC(=O)Nc2ccccc2F)C1=O. The Kier molecular flexibility index (Phi) is 3.96. The van der Waals surface area contributed by atoms with Crippen molar-refractivity contribution in [2.24, 2.45) is 5.84 Å². The number of halogens is 1. The van der Waals surface area contributed by atoms with E-state index in [9.17, 15) is 14.0 Å². The van der Waals surface area contributed by atoms with Crippen molar-refractivity contribution in [2.45, 2.75) is 6.42 Å². The summed E-state index contributed by atoms with van der Waals surface area (Å²) < 4.78 is 13.3. The number of benzene rings is 1. The number of nitrogens with two attached hydrogens (primary N) is 1. The highest BCUT2D eigenvalue weighted by Gasteiger charge is 2.25. The van der Waals surface area contributed by atoms with Crippen molar-refractivity contribution in [1.29, 1.82) is 0 Å². The first-order valence-electron chi connectivity index (χ1n) is 5.93. The van der Waals surface area contributed by atoms with Crippen LogP contribution in [0.15, 0.2) is 24.3 Å². The van der Waals surface area contributed by atoms with Crippen molar-refractivity contribution in [3.63, 3.8) is 0 Å². The van der Waals surface area contributed by atoms with Crippen molar-refractivity contribution >= 4 is 17.6 Å². The van der Waals surface area contributed by atoms with Gasteiger partial charge in [-0.3, -0.25) is 9.80 Å². The van der Waals surface area contributed by atoms with Gasteiger partial charge in [-0.05, 0) is 18.6 Å². The number of amides is 3. The molecule has 6 nitrogen and oxygen atoms in total. The smallest absolute Gasteiger partial charge is 0.322 e. The maximum absolute atomic E-state index is 13.3. The summed E-state index contributed by atoms with van der Waals surface area (Å²) in [6.45, 7) is 0.808. The Hall–Kier alpha value is -2.15. The zero-order valence-electron chi connectivity index (χ0n) is 10.3. The highest BCUT2D eigenvalue weighted by atomic mass is 19.1. The molecule has 102 valence electrons.